The molecule has 1 aromatic carbocycles. The first-order valence-corrected chi connectivity index (χ1v) is 5.07. The van der Waals surface area contributed by atoms with Crippen LogP contribution in [0.1, 0.15) is 33.2 Å². The first-order valence-electron chi connectivity index (χ1n) is 5.07. The second-order valence-corrected chi connectivity index (χ2v) is 3.69. The minimum atomic E-state index is -1.34. The van der Waals surface area contributed by atoms with E-state index in [0.29, 0.717) is 0 Å². The number of carbonyl (C=O) groups is 2. The second-order valence-electron chi connectivity index (χ2n) is 3.69. The van der Waals surface area contributed by atoms with Crippen LogP contribution in [0.5, 0.6) is 0 Å². The molecule has 0 aliphatic carbocycles. The average molecular weight is 254 g/mol. The lowest BCUT2D eigenvalue weighted by Crippen LogP contribution is -2.30. The molecule has 0 fully saturated rings. The molecule has 1 rings (SSSR count). The topological polar surface area (TPSA) is 93.1 Å². The van der Waals surface area contributed by atoms with Gasteiger partial charge in [0.2, 0.25) is 0 Å². The molecule has 1 aromatic rings. The van der Waals surface area contributed by atoms with Crippen molar-refractivity contribution in [2.24, 2.45) is 0 Å². The lowest BCUT2D eigenvalue weighted by Gasteiger charge is -2.28. The van der Waals surface area contributed by atoms with Gasteiger partial charge in [-0.3, -0.25) is 0 Å². The van der Waals surface area contributed by atoms with Crippen molar-refractivity contribution < 1.29 is 29.3 Å². The van der Waals surface area contributed by atoms with Gasteiger partial charge >= 0.3 is 11.9 Å². The minimum absolute atomic E-state index is 0.153. The molecule has 0 radical (unpaired) electrons. The molecule has 0 bridgehead atoms. The van der Waals surface area contributed by atoms with Gasteiger partial charge in [0.05, 0.1) is 11.1 Å². The zero-order chi connectivity index (χ0) is 13.9. The molecule has 98 valence electrons. The quantitative estimate of drug-likeness (QED) is 0.774. The molecular weight excluding hydrogens is 240 g/mol. The van der Waals surface area contributed by atoms with Crippen LogP contribution in [0.25, 0.3) is 0 Å². The zero-order valence-corrected chi connectivity index (χ0v) is 10.3. The Hall–Kier alpha value is -1.92. The fourth-order valence-corrected chi connectivity index (χ4v) is 1.64. The van der Waals surface area contributed by atoms with Crippen molar-refractivity contribution >= 4 is 11.9 Å². The van der Waals surface area contributed by atoms with E-state index in [1.165, 1.54) is 39.3 Å². The van der Waals surface area contributed by atoms with E-state index < -0.39 is 17.7 Å². The fourth-order valence-electron chi connectivity index (χ4n) is 1.64. The molecule has 0 aliphatic rings. The summed E-state index contributed by atoms with van der Waals surface area (Å²) < 4.78 is 10.2. The Kier molecular flexibility index (Phi) is 4.05. The van der Waals surface area contributed by atoms with Crippen molar-refractivity contribution in [3.8, 4) is 0 Å². The Morgan fingerprint density at radius 3 is 2.06 bits per heavy atom. The standard InChI is InChI=1S/C12H14O6/c1-12(17-2,18-3)8-6-4-5-7(10(13)14)9(8)11(15)16/h4-6H,1-3H3,(H,13,14)(H,15,16). The molecule has 18 heavy (non-hydrogen) atoms. The van der Waals surface area contributed by atoms with Gasteiger partial charge in [-0.1, -0.05) is 12.1 Å². The average Bonchev–Trinajstić information content (AvgIpc) is 2.36. The molecule has 2 N–H and O–H groups in total. The van der Waals surface area contributed by atoms with E-state index in [9.17, 15) is 14.7 Å². The molecule has 0 saturated heterocycles. The summed E-state index contributed by atoms with van der Waals surface area (Å²) in [5.41, 5.74) is -0.489. The van der Waals surface area contributed by atoms with Crippen molar-refractivity contribution in [2.75, 3.05) is 14.2 Å². The van der Waals surface area contributed by atoms with Crippen LogP contribution in [0.2, 0.25) is 0 Å². The van der Waals surface area contributed by atoms with Gasteiger partial charge in [-0.25, -0.2) is 9.59 Å². The maximum atomic E-state index is 11.3. The van der Waals surface area contributed by atoms with Crippen LogP contribution in [0, 0.1) is 0 Å². The smallest absolute Gasteiger partial charge is 0.337 e. The molecule has 0 aromatic heterocycles. The Morgan fingerprint density at radius 1 is 1.11 bits per heavy atom. The molecule has 0 aliphatic heterocycles. The summed E-state index contributed by atoms with van der Waals surface area (Å²) in [5.74, 6) is -3.98. The second kappa shape index (κ2) is 5.16. The Labute approximate surface area is 104 Å². The molecule has 0 saturated carbocycles. The maximum absolute atomic E-state index is 11.3. The summed E-state index contributed by atoms with van der Waals surface area (Å²) in [4.78, 5) is 22.3. The summed E-state index contributed by atoms with van der Waals surface area (Å²) in [7, 11) is 2.70. The van der Waals surface area contributed by atoms with Gasteiger partial charge in [0.1, 0.15) is 0 Å². The van der Waals surface area contributed by atoms with E-state index in [4.69, 9.17) is 14.6 Å². The zero-order valence-electron chi connectivity index (χ0n) is 10.3. The van der Waals surface area contributed by atoms with E-state index in [1.54, 1.807) is 0 Å². The van der Waals surface area contributed by atoms with Gasteiger partial charge < -0.3 is 19.7 Å². The maximum Gasteiger partial charge on any atom is 0.337 e. The van der Waals surface area contributed by atoms with Crippen molar-refractivity contribution in [2.45, 2.75) is 12.7 Å². The number of carboxylic acids is 2. The number of ether oxygens (including phenoxy) is 2. The highest BCUT2D eigenvalue weighted by molar-refractivity contribution is 6.02. The molecule has 6 nitrogen and oxygen atoms in total. The van der Waals surface area contributed by atoms with Gasteiger partial charge in [-0.2, -0.15) is 0 Å². The Balaban J connectivity index is 3.59. The monoisotopic (exact) mass is 254 g/mol. The van der Waals surface area contributed by atoms with Crippen molar-refractivity contribution in [3.05, 3.63) is 34.9 Å². The molecule has 0 amide bonds. The van der Waals surface area contributed by atoms with Gasteiger partial charge in [0.15, 0.2) is 5.79 Å². The summed E-state index contributed by atoms with van der Waals surface area (Å²) >= 11 is 0. The van der Waals surface area contributed by atoms with E-state index in [2.05, 4.69) is 0 Å². The summed E-state index contributed by atoms with van der Waals surface area (Å²) in [6.07, 6.45) is 0. The third kappa shape index (κ3) is 2.34. The lowest BCUT2D eigenvalue weighted by molar-refractivity contribution is -0.202. The van der Waals surface area contributed by atoms with E-state index in [0.717, 1.165) is 0 Å². The van der Waals surface area contributed by atoms with Crippen LogP contribution in [0.3, 0.4) is 0 Å². The number of hydrogen-bond acceptors (Lipinski definition) is 4. The van der Waals surface area contributed by atoms with Crippen molar-refractivity contribution in [3.63, 3.8) is 0 Å². The SMILES string of the molecule is COC(C)(OC)c1cccc(C(=O)O)c1C(=O)O. The minimum Gasteiger partial charge on any atom is -0.478 e. The molecule has 0 atom stereocenters. The number of methoxy groups -OCH3 is 2. The normalized spacial score (nSPS) is 11.3. The predicted molar refractivity (Wildman–Crippen MR) is 61.7 cm³/mol. The highest BCUT2D eigenvalue weighted by Crippen LogP contribution is 2.30. The van der Waals surface area contributed by atoms with Gasteiger partial charge in [0, 0.05) is 19.8 Å². The number of benzene rings is 1. The van der Waals surface area contributed by atoms with E-state index >= 15 is 0 Å². The van der Waals surface area contributed by atoms with Crippen LogP contribution >= 0.6 is 0 Å². The van der Waals surface area contributed by atoms with Crippen LogP contribution in [0.4, 0.5) is 0 Å². The number of hydrogen-bond donors (Lipinski definition) is 2. The third-order valence-corrected chi connectivity index (χ3v) is 2.78. The highest BCUT2D eigenvalue weighted by atomic mass is 16.7. The van der Waals surface area contributed by atoms with Gasteiger partial charge in [-0.15, -0.1) is 0 Å². The molecule has 0 heterocycles. The number of rotatable bonds is 5. The number of aromatic carboxylic acids is 2. The summed E-state index contributed by atoms with van der Waals surface area (Å²) in [6, 6.07) is 4.13. The highest BCUT2D eigenvalue weighted by Gasteiger charge is 2.33. The summed E-state index contributed by atoms with van der Waals surface area (Å²) in [6.45, 7) is 1.51. The molecule has 0 spiro atoms. The number of carboxylic acid groups (broad SMARTS) is 2. The van der Waals surface area contributed by atoms with Gasteiger partial charge in [0.25, 0.3) is 0 Å². The van der Waals surface area contributed by atoms with Crippen molar-refractivity contribution in [1.82, 2.24) is 0 Å². The van der Waals surface area contributed by atoms with E-state index in [1.807, 2.05) is 0 Å². The third-order valence-electron chi connectivity index (χ3n) is 2.78. The van der Waals surface area contributed by atoms with Crippen molar-refractivity contribution in [1.29, 1.82) is 0 Å². The Bertz CT molecular complexity index is 475. The van der Waals surface area contributed by atoms with Crippen LogP contribution < -0.4 is 0 Å². The molecule has 0 unspecified atom stereocenters. The lowest BCUT2D eigenvalue weighted by atomic mass is 9.95. The van der Waals surface area contributed by atoms with Crippen LogP contribution in [0.15, 0.2) is 18.2 Å². The molecule has 6 heteroatoms. The van der Waals surface area contributed by atoms with Crippen LogP contribution in [-0.2, 0) is 15.3 Å². The van der Waals surface area contributed by atoms with Crippen LogP contribution in [-0.4, -0.2) is 36.4 Å². The Morgan fingerprint density at radius 2 is 1.67 bits per heavy atom. The van der Waals surface area contributed by atoms with E-state index in [-0.39, 0.29) is 16.7 Å². The first-order chi connectivity index (χ1) is 8.37. The fraction of sp³-hybridized carbons (Fsp3) is 0.333. The van der Waals surface area contributed by atoms with Gasteiger partial charge in [-0.05, 0) is 13.0 Å². The largest absolute Gasteiger partial charge is 0.478 e. The predicted octanol–water partition coefficient (Wildman–Crippen LogP) is 1.55. The first kappa shape index (κ1) is 14.1. The molecular formula is C12H14O6. The summed E-state index contributed by atoms with van der Waals surface area (Å²) in [5, 5.41) is 18.2.